The Balaban J connectivity index is 1.93. The SMILES string of the molecule is COc1ccc2c3c1OC1C(=O)C=CC[C@@]31CCN(C)[C@@H](CO)C2. The van der Waals surface area contributed by atoms with Crippen molar-refractivity contribution in [2.75, 3.05) is 27.3 Å². The van der Waals surface area contributed by atoms with Crippen LogP contribution in [0.4, 0.5) is 0 Å². The lowest BCUT2D eigenvalue weighted by Gasteiger charge is -2.40. The van der Waals surface area contributed by atoms with Gasteiger partial charge in [-0.25, -0.2) is 0 Å². The molecule has 3 atom stereocenters. The van der Waals surface area contributed by atoms with Gasteiger partial charge in [-0.2, -0.15) is 0 Å². The maximum Gasteiger partial charge on any atom is 0.196 e. The van der Waals surface area contributed by atoms with Gasteiger partial charge in [-0.05, 0) is 50.6 Å². The van der Waals surface area contributed by atoms with Gasteiger partial charge in [0.25, 0.3) is 0 Å². The van der Waals surface area contributed by atoms with Gasteiger partial charge in [-0.3, -0.25) is 4.79 Å². The number of nitrogens with zero attached hydrogens (tertiary/aromatic N) is 1. The number of carbonyl (C=O) groups excluding carboxylic acids is 1. The molecule has 0 aromatic heterocycles. The second-order valence-electron chi connectivity index (χ2n) is 7.07. The average Bonchev–Trinajstić information content (AvgIpc) is 2.93. The van der Waals surface area contributed by atoms with Crippen molar-refractivity contribution in [1.29, 1.82) is 0 Å². The summed E-state index contributed by atoms with van der Waals surface area (Å²) in [5, 5.41) is 9.77. The van der Waals surface area contributed by atoms with Gasteiger partial charge in [-0.15, -0.1) is 0 Å². The lowest BCUT2D eigenvalue weighted by Crippen LogP contribution is -2.50. The van der Waals surface area contributed by atoms with Crippen LogP contribution < -0.4 is 9.47 Å². The van der Waals surface area contributed by atoms with E-state index < -0.39 is 6.10 Å². The Morgan fingerprint density at radius 2 is 2.29 bits per heavy atom. The molecule has 1 N–H and O–H groups in total. The highest BCUT2D eigenvalue weighted by atomic mass is 16.5. The van der Waals surface area contributed by atoms with E-state index in [-0.39, 0.29) is 23.8 Å². The molecule has 5 nitrogen and oxygen atoms in total. The fraction of sp³-hybridized carbons (Fsp3) is 0.526. The molecule has 1 aliphatic carbocycles. The first-order chi connectivity index (χ1) is 11.6. The van der Waals surface area contributed by atoms with Gasteiger partial charge < -0.3 is 19.5 Å². The molecule has 2 heterocycles. The minimum Gasteiger partial charge on any atom is -0.493 e. The van der Waals surface area contributed by atoms with E-state index in [1.165, 1.54) is 0 Å². The van der Waals surface area contributed by atoms with Crippen molar-refractivity contribution in [3.8, 4) is 11.5 Å². The van der Waals surface area contributed by atoms with Crippen LogP contribution >= 0.6 is 0 Å². The number of methoxy groups -OCH3 is 1. The average molecular weight is 329 g/mol. The Morgan fingerprint density at radius 1 is 1.46 bits per heavy atom. The summed E-state index contributed by atoms with van der Waals surface area (Å²) in [6.45, 7) is 0.940. The monoisotopic (exact) mass is 329 g/mol. The molecule has 1 spiro atoms. The summed E-state index contributed by atoms with van der Waals surface area (Å²) < 4.78 is 11.7. The fourth-order valence-corrected chi connectivity index (χ4v) is 4.50. The number of allylic oxidation sites excluding steroid dienone is 1. The lowest BCUT2D eigenvalue weighted by molar-refractivity contribution is -0.123. The molecule has 24 heavy (non-hydrogen) atoms. The number of hydrogen-bond acceptors (Lipinski definition) is 5. The zero-order valence-corrected chi connectivity index (χ0v) is 14.1. The van der Waals surface area contributed by atoms with Gasteiger partial charge >= 0.3 is 0 Å². The van der Waals surface area contributed by atoms with Crippen LogP contribution in [0.1, 0.15) is 24.0 Å². The quantitative estimate of drug-likeness (QED) is 0.890. The number of likely N-dealkylation sites (N-methyl/N-ethyl adjacent to an activating group) is 1. The second kappa shape index (κ2) is 5.60. The van der Waals surface area contributed by atoms with Crippen molar-refractivity contribution >= 4 is 5.78 Å². The summed E-state index contributed by atoms with van der Waals surface area (Å²) in [6.07, 6.45) is 5.53. The number of benzene rings is 1. The summed E-state index contributed by atoms with van der Waals surface area (Å²) in [6, 6.07) is 4.05. The molecule has 128 valence electrons. The molecule has 0 saturated heterocycles. The van der Waals surface area contributed by atoms with Crippen molar-refractivity contribution < 1.29 is 19.4 Å². The summed E-state index contributed by atoms with van der Waals surface area (Å²) >= 11 is 0. The largest absolute Gasteiger partial charge is 0.493 e. The van der Waals surface area contributed by atoms with Crippen molar-refractivity contribution in [3.05, 3.63) is 35.4 Å². The van der Waals surface area contributed by atoms with E-state index >= 15 is 0 Å². The van der Waals surface area contributed by atoms with Crippen LogP contribution in [0.3, 0.4) is 0 Å². The number of hydrogen-bond donors (Lipinski definition) is 1. The van der Waals surface area contributed by atoms with Crippen LogP contribution in [0, 0.1) is 0 Å². The minimum atomic E-state index is -0.466. The molecule has 0 amide bonds. The molecular weight excluding hydrogens is 306 g/mol. The Kier molecular flexibility index (Phi) is 3.66. The van der Waals surface area contributed by atoms with Gasteiger partial charge in [0.15, 0.2) is 23.4 Å². The number of carbonyl (C=O) groups is 1. The number of aliphatic hydroxyl groups excluding tert-OH is 1. The number of rotatable bonds is 2. The zero-order chi connectivity index (χ0) is 16.9. The Bertz CT molecular complexity index is 714. The highest BCUT2D eigenvalue weighted by Gasteiger charge is 2.55. The van der Waals surface area contributed by atoms with E-state index in [0.717, 1.165) is 42.7 Å². The lowest BCUT2D eigenvalue weighted by atomic mass is 9.66. The number of aliphatic hydroxyl groups is 1. The molecule has 1 aromatic carbocycles. The molecule has 4 rings (SSSR count). The number of ether oxygens (including phenoxy) is 2. The van der Waals surface area contributed by atoms with Crippen LogP contribution in [-0.2, 0) is 16.6 Å². The van der Waals surface area contributed by atoms with Crippen LogP contribution in [0.15, 0.2) is 24.3 Å². The molecule has 0 radical (unpaired) electrons. The predicted molar refractivity (Wildman–Crippen MR) is 89.7 cm³/mol. The maximum absolute atomic E-state index is 12.5. The van der Waals surface area contributed by atoms with E-state index in [0.29, 0.717) is 5.75 Å². The van der Waals surface area contributed by atoms with E-state index in [1.807, 2.05) is 19.2 Å². The molecule has 0 bridgehead atoms. The first-order valence-corrected chi connectivity index (χ1v) is 8.49. The third-order valence-electron chi connectivity index (χ3n) is 5.89. The van der Waals surface area contributed by atoms with Crippen molar-refractivity contribution in [1.82, 2.24) is 4.90 Å². The first-order valence-electron chi connectivity index (χ1n) is 8.49. The molecule has 2 aliphatic heterocycles. The molecule has 1 aromatic rings. The summed E-state index contributed by atoms with van der Waals surface area (Å²) in [7, 11) is 3.67. The maximum atomic E-state index is 12.5. The molecule has 0 saturated carbocycles. The molecule has 3 aliphatic rings. The van der Waals surface area contributed by atoms with Gasteiger partial charge in [0, 0.05) is 17.0 Å². The van der Waals surface area contributed by atoms with Crippen molar-refractivity contribution in [2.24, 2.45) is 0 Å². The molecular formula is C19H23NO4. The van der Waals surface area contributed by atoms with Gasteiger partial charge in [-0.1, -0.05) is 12.1 Å². The predicted octanol–water partition coefficient (Wildman–Crippen LogP) is 1.46. The van der Waals surface area contributed by atoms with E-state index in [4.69, 9.17) is 9.47 Å². The van der Waals surface area contributed by atoms with Gasteiger partial charge in [0.05, 0.1) is 13.7 Å². The third-order valence-corrected chi connectivity index (χ3v) is 5.89. The van der Waals surface area contributed by atoms with Crippen LogP contribution in [0.5, 0.6) is 11.5 Å². The standard InChI is InChI=1S/C19H23NO4/c1-20-9-8-19-7-3-4-14(22)18(19)24-17-15(23-2)6-5-12(16(17)19)10-13(20)11-21/h3-6,13,18,21H,7-11H2,1-2H3/t13-,18?,19-/m1/s1. The van der Waals surface area contributed by atoms with Crippen LogP contribution in [0.25, 0.3) is 0 Å². The van der Waals surface area contributed by atoms with Gasteiger partial charge in [0.1, 0.15) is 0 Å². The topological polar surface area (TPSA) is 59.0 Å². The van der Waals surface area contributed by atoms with E-state index in [2.05, 4.69) is 11.0 Å². The Labute approximate surface area is 141 Å². The highest BCUT2D eigenvalue weighted by Crippen LogP contribution is 2.55. The van der Waals surface area contributed by atoms with Crippen LogP contribution in [-0.4, -0.2) is 55.2 Å². The Hall–Kier alpha value is -1.85. The van der Waals surface area contributed by atoms with Crippen molar-refractivity contribution in [2.45, 2.75) is 36.8 Å². The smallest absolute Gasteiger partial charge is 0.196 e. The van der Waals surface area contributed by atoms with Crippen LogP contribution in [0.2, 0.25) is 0 Å². The van der Waals surface area contributed by atoms with E-state index in [1.54, 1.807) is 13.2 Å². The van der Waals surface area contributed by atoms with Gasteiger partial charge in [0.2, 0.25) is 0 Å². The highest BCUT2D eigenvalue weighted by molar-refractivity contribution is 5.97. The molecule has 1 unspecified atom stereocenters. The minimum absolute atomic E-state index is 0.0346. The van der Waals surface area contributed by atoms with Crippen molar-refractivity contribution in [3.63, 3.8) is 0 Å². The second-order valence-corrected chi connectivity index (χ2v) is 7.07. The third kappa shape index (κ3) is 2.04. The fourth-order valence-electron chi connectivity index (χ4n) is 4.50. The summed E-state index contributed by atoms with van der Waals surface area (Å²) in [4.78, 5) is 14.7. The normalized spacial score (nSPS) is 31.7. The summed E-state index contributed by atoms with van der Waals surface area (Å²) in [5.74, 6) is 1.44. The molecule has 0 fully saturated rings. The van der Waals surface area contributed by atoms with E-state index in [9.17, 15) is 9.90 Å². The first kappa shape index (κ1) is 15.7. The summed E-state index contributed by atoms with van der Waals surface area (Å²) in [5.41, 5.74) is 1.96. The molecule has 5 heteroatoms. The zero-order valence-electron chi connectivity index (χ0n) is 14.1. The Morgan fingerprint density at radius 3 is 3.04 bits per heavy atom. The number of ketones is 1.